The van der Waals surface area contributed by atoms with Crippen LogP contribution in [-0.2, 0) is 0 Å². The molecule has 0 radical (unpaired) electrons. The van der Waals surface area contributed by atoms with E-state index in [1.165, 1.54) is 11.3 Å². The Morgan fingerprint density at radius 3 is 2.22 bits per heavy atom. The molecule has 0 spiro atoms. The summed E-state index contributed by atoms with van der Waals surface area (Å²) in [5.41, 5.74) is 3.11. The Bertz CT molecular complexity index is 1050. The van der Waals surface area contributed by atoms with Crippen molar-refractivity contribution < 1.29 is 23.7 Å². The average Bonchev–Trinajstić information content (AvgIpc) is 3.24. The predicted octanol–water partition coefficient (Wildman–Crippen LogP) is 5.58. The Labute approximate surface area is 192 Å². The van der Waals surface area contributed by atoms with E-state index in [9.17, 15) is 4.79 Å². The number of rotatable bonds is 10. The lowest BCUT2D eigenvalue weighted by molar-refractivity contribution is 0.102. The predicted molar refractivity (Wildman–Crippen MR) is 127 cm³/mol. The van der Waals surface area contributed by atoms with Gasteiger partial charge in [-0.25, -0.2) is 4.98 Å². The first-order chi connectivity index (χ1) is 15.5. The Balaban J connectivity index is 1.88. The molecule has 8 heteroatoms. The van der Waals surface area contributed by atoms with E-state index in [1.54, 1.807) is 19.2 Å². The summed E-state index contributed by atoms with van der Waals surface area (Å²) in [6.07, 6.45) is 0. The van der Waals surface area contributed by atoms with E-state index in [4.69, 9.17) is 18.9 Å². The van der Waals surface area contributed by atoms with Gasteiger partial charge in [-0.2, -0.15) is 0 Å². The second-order valence-corrected chi connectivity index (χ2v) is 7.65. The molecule has 0 unspecified atom stereocenters. The lowest BCUT2D eigenvalue weighted by Gasteiger charge is -2.16. The van der Waals surface area contributed by atoms with E-state index in [-0.39, 0.29) is 5.91 Å². The minimum absolute atomic E-state index is 0.313. The van der Waals surface area contributed by atoms with E-state index >= 15 is 0 Å². The topological polar surface area (TPSA) is 78.9 Å². The zero-order valence-electron chi connectivity index (χ0n) is 19.0. The number of thiazole rings is 1. The second-order valence-electron chi connectivity index (χ2n) is 6.80. The number of nitrogens with one attached hydrogen (secondary N) is 1. The lowest BCUT2D eigenvalue weighted by Crippen LogP contribution is -2.13. The van der Waals surface area contributed by atoms with Crippen molar-refractivity contribution in [3.8, 4) is 34.3 Å². The Morgan fingerprint density at radius 1 is 0.969 bits per heavy atom. The molecule has 2 aromatic carbocycles. The first-order valence-corrected chi connectivity index (χ1v) is 11.4. The lowest BCUT2D eigenvalue weighted by atomic mass is 10.1. The fraction of sp³-hybridized carbons (Fsp3) is 0.333. The normalized spacial score (nSPS) is 10.5. The van der Waals surface area contributed by atoms with E-state index in [2.05, 4.69) is 10.3 Å². The molecule has 1 aromatic heterocycles. The monoisotopic (exact) mass is 456 g/mol. The van der Waals surface area contributed by atoms with Gasteiger partial charge in [0.05, 0.1) is 32.6 Å². The molecule has 1 heterocycles. The number of aromatic nitrogens is 1. The molecule has 0 bridgehead atoms. The van der Waals surface area contributed by atoms with Crippen LogP contribution < -0.4 is 24.3 Å². The number of benzene rings is 2. The van der Waals surface area contributed by atoms with Crippen molar-refractivity contribution >= 4 is 22.4 Å². The van der Waals surface area contributed by atoms with Crippen LogP contribution in [0.2, 0.25) is 0 Å². The molecule has 0 aliphatic carbocycles. The average molecular weight is 457 g/mol. The highest BCUT2D eigenvalue weighted by molar-refractivity contribution is 7.14. The quantitative estimate of drug-likeness (QED) is 0.429. The van der Waals surface area contributed by atoms with E-state index < -0.39 is 0 Å². The Kier molecular flexibility index (Phi) is 7.94. The first kappa shape index (κ1) is 23.4. The van der Waals surface area contributed by atoms with Crippen molar-refractivity contribution in [3.05, 3.63) is 46.8 Å². The molecule has 0 saturated heterocycles. The molecule has 32 heavy (non-hydrogen) atoms. The van der Waals surface area contributed by atoms with Crippen molar-refractivity contribution in [1.82, 2.24) is 4.98 Å². The van der Waals surface area contributed by atoms with Gasteiger partial charge in [0.15, 0.2) is 16.6 Å². The minimum atomic E-state index is -0.313. The number of carbonyl (C=O) groups is 1. The summed E-state index contributed by atoms with van der Waals surface area (Å²) in [6.45, 7) is 8.97. The van der Waals surface area contributed by atoms with Crippen LogP contribution in [0.5, 0.6) is 23.0 Å². The number of carbonyl (C=O) groups excluding carboxylic acids is 1. The molecule has 7 nitrogen and oxygen atoms in total. The van der Waals surface area contributed by atoms with Crippen LogP contribution in [0, 0.1) is 6.92 Å². The van der Waals surface area contributed by atoms with Gasteiger partial charge in [0.2, 0.25) is 5.75 Å². The summed E-state index contributed by atoms with van der Waals surface area (Å²) in [7, 11) is 1.63. The third-order valence-corrected chi connectivity index (χ3v) is 5.28. The summed E-state index contributed by atoms with van der Waals surface area (Å²) in [4.78, 5) is 17.6. The van der Waals surface area contributed by atoms with Gasteiger partial charge < -0.3 is 18.9 Å². The molecule has 0 aliphatic heterocycles. The number of hydrogen-bond donors (Lipinski definition) is 1. The Hall–Kier alpha value is -3.26. The molecular formula is C24H28N2O5S. The molecule has 1 amide bonds. The summed E-state index contributed by atoms with van der Waals surface area (Å²) >= 11 is 1.35. The molecule has 0 aliphatic rings. The fourth-order valence-electron chi connectivity index (χ4n) is 3.17. The molecule has 0 atom stereocenters. The zero-order valence-corrected chi connectivity index (χ0v) is 19.8. The van der Waals surface area contributed by atoms with Gasteiger partial charge in [-0.1, -0.05) is 11.6 Å². The number of ether oxygens (including phenoxy) is 4. The third-order valence-electron chi connectivity index (χ3n) is 4.53. The van der Waals surface area contributed by atoms with E-state index in [0.29, 0.717) is 47.8 Å². The number of aryl methyl sites for hydroxylation is 1. The van der Waals surface area contributed by atoms with Crippen molar-refractivity contribution in [1.29, 1.82) is 0 Å². The smallest absolute Gasteiger partial charge is 0.257 e. The zero-order chi connectivity index (χ0) is 23.1. The van der Waals surface area contributed by atoms with Crippen LogP contribution in [0.1, 0.15) is 36.7 Å². The number of nitrogens with zero attached hydrogens (tertiary/aromatic N) is 1. The van der Waals surface area contributed by atoms with Crippen molar-refractivity contribution in [2.45, 2.75) is 27.7 Å². The standard InChI is InChI=1S/C24H28N2O5S/c1-6-29-20-12-16(13-21(30-7-2)22(20)31-8-3)23(27)26-24-25-18(14-32-24)17-11-15(4)9-10-19(17)28-5/h9-14H,6-8H2,1-5H3,(H,25,26,27). The minimum Gasteiger partial charge on any atom is -0.496 e. The molecule has 170 valence electrons. The van der Waals surface area contributed by atoms with Crippen LogP contribution in [0.3, 0.4) is 0 Å². The maximum atomic E-state index is 13.0. The maximum absolute atomic E-state index is 13.0. The number of methoxy groups -OCH3 is 1. The fourth-order valence-corrected chi connectivity index (χ4v) is 3.87. The molecular weight excluding hydrogens is 428 g/mol. The molecule has 3 aromatic rings. The second kappa shape index (κ2) is 10.9. The van der Waals surface area contributed by atoms with E-state index in [0.717, 1.165) is 22.6 Å². The number of amides is 1. The molecule has 0 saturated carbocycles. The largest absolute Gasteiger partial charge is 0.496 e. The van der Waals surface area contributed by atoms with Gasteiger partial charge >= 0.3 is 0 Å². The van der Waals surface area contributed by atoms with Crippen molar-refractivity contribution in [2.24, 2.45) is 0 Å². The van der Waals surface area contributed by atoms with Crippen molar-refractivity contribution in [2.75, 3.05) is 32.2 Å². The third kappa shape index (κ3) is 5.31. The maximum Gasteiger partial charge on any atom is 0.257 e. The highest BCUT2D eigenvalue weighted by Crippen LogP contribution is 2.39. The SMILES string of the molecule is CCOc1cc(C(=O)Nc2nc(-c3cc(C)ccc3OC)cs2)cc(OCC)c1OCC. The van der Waals surface area contributed by atoms with Gasteiger partial charge in [0.25, 0.3) is 5.91 Å². The van der Waals surface area contributed by atoms with Crippen LogP contribution in [-0.4, -0.2) is 37.8 Å². The first-order valence-electron chi connectivity index (χ1n) is 10.5. The summed E-state index contributed by atoms with van der Waals surface area (Å²) < 4.78 is 22.6. The molecule has 3 rings (SSSR count). The van der Waals surface area contributed by atoms with Crippen LogP contribution >= 0.6 is 11.3 Å². The van der Waals surface area contributed by atoms with Gasteiger partial charge in [0, 0.05) is 16.5 Å². The number of hydrogen-bond acceptors (Lipinski definition) is 7. The van der Waals surface area contributed by atoms with E-state index in [1.807, 2.05) is 51.3 Å². The number of anilines is 1. The van der Waals surface area contributed by atoms with Gasteiger partial charge in [0.1, 0.15) is 5.75 Å². The molecule has 0 fully saturated rings. The van der Waals surface area contributed by atoms with Gasteiger partial charge in [-0.05, 0) is 52.0 Å². The highest BCUT2D eigenvalue weighted by Gasteiger charge is 2.19. The van der Waals surface area contributed by atoms with Gasteiger partial charge in [-0.3, -0.25) is 10.1 Å². The summed E-state index contributed by atoms with van der Waals surface area (Å²) in [5, 5.41) is 5.24. The van der Waals surface area contributed by atoms with Crippen molar-refractivity contribution in [3.63, 3.8) is 0 Å². The van der Waals surface area contributed by atoms with Crippen LogP contribution in [0.25, 0.3) is 11.3 Å². The highest BCUT2D eigenvalue weighted by atomic mass is 32.1. The van der Waals surface area contributed by atoms with Crippen LogP contribution in [0.4, 0.5) is 5.13 Å². The Morgan fingerprint density at radius 2 is 1.62 bits per heavy atom. The van der Waals surface area contributed by atoms with Crippen LogP contribution in [0.15, 0.2) is 35.7 Å². The summed E-state index contributed by atoms with van der Waals surface area (Å²) in [5.74, 6) is 1.85. The van der Waals surface area contributed by atoms with Gasteiger partial charge in [-0.15, -0.1) is 11.3 Å². The molecule has 1 N–H and O–H groups in total. The summed E-state index contributed by atoms with van der Waals surface area (Å²) in [6, 6.07) is 9.21.